The van der Waals surface area contributed by atoms with E-state index in [2.05, 4.69) is 16.6 Å². The van der Waals surface area contributed by atoms with E-state index in [1.54, 1.807) is 7.11 Å². The lowest BCUT2D eigenvalue weighted by atomic mass is 10.0. The van der Waals surface area contributed by atoms with Gasteiger partial charge < -0.3 is 10.1 Å². The van der Waals surface area contributed by atoms with Crippen molar-refractivity contribution in [3.05, 3.63) is 29.8 Å². The molecule has 0 bridgehead atoms. The van der Waals surface area contributed by atoms with Crippen LogP contribution in [0.1, 0.15) is 24.9 Å². The quantitative estimate of drug-likeness (QED) is 0.577. The third-order valence-corrected chi connectivity index (χ3v) is 2.77. The Morgan fingerprint density at radius 1 is 1.42 bits per heavy atom. The molecule has 1 rings (SSSR count). The van der Waals surface area contributed by atoms with Crippen LogP contribution in [-0.2, 0) is 4.79 Å². The van der Waals surface area contributed by atoms with Crippen molar-refractivity contribution in [1.29, 1.82) is 0 Å². The molecule has 0 aromatic heterocycles. The predicted octanol–water partition coefficient (Wildman–Crippen LogP) is 1.49. The van der Waals surface area contributed by atoms with E-state index in [0.717, 1.165) is 17.7 Å². The molecule has 1 unspecified atom stereocenters. The molecule has 2 N–H and O–H groups in total. The molecule has 0 heterocycles. The van der Waals surface area contributed by atoms with Crippen LogP contribution in [0.2, 0.25) is 0 Å². The van der Waals surface area contributed by atoms with Gasteiger partial charge >= 0.3 is 0 Å². The maximum absolute atomic E-state index is 11.7. The van der Waals surface area contributed by atoms with Crippen LogP contribution in [0.25, 0.3) is 0 Å². The molecule has 102 valence electrons. The first kappa shape index (κ1) is 15.1. The summed E-state index contributed by atoms with van der Waals surface area (Å²) < 4.78 is 5.11. The van der Waals surface area contributed by atoms with Gasteiger partial charge in [-0.15, -0.1) is 6.42 Å². The largest absolute Gasteiger partial charge is 0.497 e. The van der Waals surface area contributed by atoms with Gasteiger partial charge in [0.2, 0.25) is 5.91 Å². The third-order valence-electron chi connectivity index (χ3n) is 2.77. The summed E-state index contributed by atoms with van der Waals surface area (Å²) in [6.07, 6.45) is 5.93. The molecule has 0 saturated heterocycles. The van der Waals surface area contributed by atoms with Gasteiger partial charge in [-0.1, -0.05) is 25.0 Å². The van der Waals surface area contributed by atoms with Crippen LogP contribution >= 0.6 is 0 Å². The first-order chi connectivity index (χ1) is 9.21. The molecule has 0 saturated carbocycles. The Balaban J connectivity index is 2.57. The fourth-order valence-electron chi connectivity index (χ4n) is 1.75. The van der Waals surface area contributed by atoms with E-state index < -0.39 is 0 Å². The van der Waals surface area contributed by atoms with Crippen LogP contribution in [0.15, 0.2) is 24.3 Å². The number of carbonyl (C=O) groups excluding carboxylic acids is 1. The third kappa shape index (κ3) is 5.02. The van der Waals surface area contributed by atoms with Crippen molar-refractivity contribution in [2.75, 3.05) is 20.2 Å². The van der Waals surface area contributed by atoms with Crippen molar-refractivity contribution < 1.29 is 9.53 Å². The summed E-state index contributed by atoms with van der Waals surface area (Å²) in [5.41, 5.74) is 1.06. The van der Waals surface area contributed by atoms with Crippen molar-refractivity contribution in [1.82, 2.24) is 10.6 Å². The molecule has 19 heavy (non-hydrogen) atoms. The molecule has 4 heteroatoms. The van der Waals surface area contributed by atoms with E-state index in [4.69, 9.17) is 11.2 Å². The number of terminal acetylenes is 1. The fourth-order valence-corrected chi connectivity index (χ4v) is 1.75. The van der Waals surface area contributed by atoms with Gasteiger partial charge in [0.1, 0.15) is 5.75 Å². The Hall–Kier alpha value is -1.99. The molecule has 0 fully saturated rings. The second-order valence-corrected chi connectivity index (χ2v) is 4.11. The molecule has 0 aliphatic rings. The van der Waals surface area contributed by atoms with Gasteiger partial charge in [-0.3, -0.25) is 10.1 Å². The summed E-state index contributed by atoms with van der Waals surface area (Å²) in [5.74, 6) is 3.18. The first-order valence-electron chi connectivity index (χ1n) is 6.28. The molecule has 1 atom stereocenters. The minimum atomic E-state index is -0.0575. The standard InChI is InChI=1S/C15H20N2O2/c1-4-10-16-11-15(18)17-14(5-2)12-6-8-13(19-3)9-7-12/h1,6-9,14,16H,5,10-11H2,2-3H3,(H,17,18). The van der Waals surface area contributed by atoms with Gasteiger partial charge in [-0.25, -0.2) is 0 Å². The summed E-state index contributed by atoms with van der Waals surface area (Å²) in [6, 6.07) is 7.71. The molecule has 1 amide bonds. The first-order valence-corrected chi connectivity index (χ1v) is 6.28. The van der Waals surface area contributed by atoms with E-state index >= 15 is 0 Å². The molecule has 0 spiro atoms. The van der Waals surface area contributed by atoms with Crippen LogP contribution in [0.5, 0.6) is 5.75 Å². The zero-order chi connectivity index (χ0) is 14.1. The fraction of sp³-hybridized carbons (Fsp3) is 0.400. The van der Waals surface area contributed by atoms with Crippen LogP contribution in [-0.4, -0.2) is 26.1 Å². The number of carbonyl (C=O) groups is 1. The van der Waals surface area contributed by atoms with Gasteiger partial charge in [0, 0.05) is 0 Å². The van der Waals surface area contributed by atoms with E-state index in [1.807, 2.05) is 31.2 Å². The average molecular weight is 260 g/mol. The Morgan fingerprint density at radius 3 is 2.63 bits per heavy atom. The highest BCUT2D eigenvalue weighted by molar-refractivity contribution is 5.78. The molecular weight excluding hydrogens is 240 g/mol. The molecule has 0 radical (unpaired) electrons. The van der Waals surface area contributed by atoms with Crippen molar-refractivity contribution in [3.8, 4) is 18.1 Å². The maximum atomic E-state index is 11.7. The Labute approximate surface area is 114 Å². The van der Waals surface area contributed by atoms with Gasteiger partial charge in [0.05, 0.1) is 26.2 Å². The van der Waals surface area contributed by atoms with Crippen molar-refractivity contribution in [2.24, 2.45) is 0 Å². The smallest absolute Gasteiger partial charge is 0.234 e. The van der Waals surface area contributed by atoms with E-state index in [-0.39, 0.29) is 18.5 Å². The van der Waals surface area contributed by atoms with E-state index in [0.29, 0.717) is 6.54 Å². The molecule has 1 aromatic rings. The van der Waals surface area contributed by atoms with Crippen molar-refractivity contribution >= 4 is 5.91 Å². The van der Waals surface area contributed by atoms with Gasteiger partial charge in [0.25, 0.3) is 0 Å². The van der Waals surface area contributed by atoms with Crippen molar-refractivity contribution in [2.45, 2.75) is 19.4 Å². The van der Waals surface area contributed by atoms with Crippen LogP contribution in [0, 0.1) is 12.3 Å². The topological polar surface area (TPSA) is 50.4 Å². The summed E-state index contributed by atoms with van der Waals surface area (Å²) in [6.45, 7) is 2.66. The van der Waals surface area contributed by atoms with E-state index in [9.17, 15) is 4.79 Å². The van der Waals surface area contributed by atoms with Crippen LogP contribution in [0.4, 0.5) is 0 Å². The normalized spacial score (nSPS) is 11.4. The van der Waals surface area contributed by atoms with Crippen LogP contribution < -0.4 is 15.4 Å². The number of hydrogen-bond acceptors (Lipinski definition) is 3. The number of amides is 1. The number of hydrogen-bond donors (Lipinski definition) is 2. The minimum absolute atomic E-state index is 0.00559. The molecule has 0 aliphatic heterocycles. The summed E-state index contributed by atoms with van der Waals surface area (Å²) in [7, 11) is 1.63. The number of ether oxygens (including phenoxy) is 1. The summed E-state index contributed by atoms with van der Waals surface area (Å²) in [4.78, 5) is 11.7. The zero-order valence-electron chi connectivity index (χ0n) is 11.4. The second-order valence-electron chi connectivity index (χ2n) is 4.11. The van der Waals surface area contributed by atoms with E-state index in [1.165, 1.54) is 0 Å². The number of benzene rings is 1. The lowest BCUT2D eigenvalue weighted by Gasteiger charge is -2.17. The molecule has 1 aromatic carbocycles. The van der Waals surface area contributed by atoms with Gasteiger partial charge in [-0.05, 0) is 24.1 Å². The lowest BCUT2D eigenvalue weighted by molar-refractivity contribution is -0.121. The monoisotopic (exact) mass is 260 g/mol. The average Bonchev–Trinajstić information content (AvgIpc) is 2.45. The highest BCUT2D eigenvalue weighted by Gasteiger charge is 2.12. The van der Waals surface area contributed by atoms with Gasteiger partial charge in [-0.2, -0.15) is 0 Å². The second kappa shape index (κ2) is 8.17. The number of nitrogens with one attached hydrogen (secondary N) is 2. The molecule has 4 nitrogen and oxygen atoms in total. The SMILES string of the molecule is C#CCNCC(=O)NC(CC)c1ccc(OC)cc1. The summed E-state index contributed by atoms with van der Waals surface area (Å²) >= 11 is 0. The zero-order valence-corrected chi connectivity index (χ0v) is 11.4. The highest BCUT2D eigenvalue weighted by atomic mass is 16.5. The minimum Gasteiger partial charge on any atom is -0.497 e. The molecular formula is C15H20N2O2. The van der Waals surface area contributed by atoms with Crippen LogP contribution in [0.3, 0.4) is 0 Å². The lowest BCUT2D eigenvalue weighted by Crippen LogP contribution is -2.36. The predicted molar refractivity (Wildman–Crippen MR) is 75.9 cm³/mol. The Kier molecular flexibility index (Phi) is 6.48. The maximum Gasteiger partial charge on any atom is 0.234 e. The molecule has 0 aliphatic carbocycles. The summed E-state index contributed by atoms with van der Waals surface area (Å²) in [5, 5.41) is 5.83. The highest BCUT2D eigenvalue weighted by Crippen LogP contribution is 2.19. The van der Waals surface area contributed by atoms with Crippen molar-refractivity contribution in [3.63, 3.8) is 0 Å². The van der Waals surface area contributed by atoms with Gasteiger partial charge in [0.15, 0.2) is 0 Å². The Bertz CT molecular complexity index is 434. The number of rotatable bonds is 7. The number of methoxy groups -OCH3 is 1. The Morgan fingerprint density at radius 2 is 2.11 bits per heavy atom.